The van der Waals surface area contributed by atoms with Gasteiger partial charge < -0.3 is 9.47 Å². The van der Waals surface area contributed by atoms with Crippen LogP contribution in [0.15, 0.2) is 24.3 Å². The molecule has 1 heterocycles. The number of benzene rings is 1. The van der Waals surface area contributed by atoms with E-state index in [1.165, 1.54) is 0 Å². The van der Waals surface area contributed by atoms with Crippen molar-refractivity contribution in [1.82, 2.24) is 20.3 Å². The molecule has 15 heteroatoms. The zero-order chi connectivity index (χ0) is 25.9. The molecule has 0 bridgehead atoms. The van der Waals surface area contributed by atoms with Gasteiger partial charge in [-0.3, -0.25) is 14.9 Å². The molecule has 0 saturated heterocycles. The fraction of sp³-hybridized carbons (Fsp3) is 0.421. The van der Waals surface area contributed by atoms with E-state index in [0.29, 0.717) is 23.8 Å². The molecule has 0 amide bonds. The van der Waals surface area contributed by atoms with Crippen molar-refractivity contribution in [2.75, 3.05) is 26.3 Å². The minimum atomic E-state index is -1.90. The van der Waals surface area contributed by atoms with Crippen molar-refractivity contribution in [3.05, 3.63) is 40.9 Å². The number of nitrogens with one attached hydrogen (secondary N) is 1. The molecule has 2 aromatic rings. The van der Waals surface area contributed by atoms with Crippen LogP contribution in [0.25, 0.3) is 11.4 Å². The number of alkyl halides is 6. The topological polar surface area (TPSA) is 103 Å². The van der Waals surface area contributed by atoms with Gasteiger partial charge in [0.2, 0.25) is 7.59 Å². The second kappa shape index (κ2) is 14.7. The van der Waals surface area contributed by atoms with E-state index in [-0.39, 0.29) is 42.5 Å². The average Bonchev–Trinajstić information content (AvgIpc) is 2.73. The largest absolute Gasteiger partial charge is 0.465 e. The Bertz CT molecular complexity index is 918. The molecule has 34 heavy (non-hydrogen) atoms. The highest BCUT2D eigenvalue weighted by Gasteiger charge is 2.34. The van der Waals surface area contributed by atoms with E-state index in [4.69, 9.17) is 81.2 Å². The normalized spacial score (nSPS) is 11.3. The van der Waals surface area contributed by atoms with E-state index in [9.17, 15) is 9.59 Å². The Morgan fingerprint density at radius 3 is 1.65 bits per heavy atom. The lowest BCUT2D eigenvalue weighted by molar-refractivity contribution is -0.143. The zero-order valence-corrected chi connectivity index (χ0v) is 23.0. The molecule has 1 aromatic carbocycles. The maximum absolute atomic E-state index is 10.7. The Morgan fingerprint density at radius 1 is 0.824 bits per heavy atom. The molecule has 0 spiro atoms. The van der Waals surface area contributed by atoms with Crippen LogP contribution in [0.1, 0.15) is 25.5 Å². The van der Waals surface area contributed by atoms with Gasteiger partial charge in [0.25, 0.3) is 0 Å². The fourth-order valence-electron chi connectivity index (χ4n) is 2.08. The van der Waals surface area contributed by atoms with Gasteiger partial charge in [0.1, 0.15) is 0 Å². The van der Waals surface area contributed by atoms with Gasteiger partial charge in [-0.05, 0) is 26.0 Å². The minimum Gasteiger partial charge on any atom is -0.465 e. The maximum atomic E-state index is 10.7. The Kier molecular flexibility index (Phi) is 13.4. The molecule has 188 valence electrons. The zero-order valence-electron chi connectivity index (χ0n) is 17.8. The molecular weight excluding hydrogens is 596 g/mol. The van der Waals surface area contributed by atoms with Crippen LogP contribution >= 0.6 is 81.2 Å². The van der Waals surface area contributed by atoms with Crippen molar-refractivity contribution in [1.29, 1.82) is 0 Å². The smallest absolute Gasteiger partial charge is 0.319 e. The summed E-state index contributed by atoms with van der Waals surface area (Å²) in [6.07, 6.45) is 0. The molecule has 1 aromatic heterocycles. The quantitative estimate of drug-likeness (QED) is 0.320. The molecule has 8 nitrogen and oxygen atoms in total. The van der Waals surface area contributed by atoms with Crippen LogP contribution in [0.4, 0.5) is 0 Å². The Labute approximate surface area is 231 Å². The highest BCUT2D eigenvalue weighted by atomic mass is 35.6. The molecule has 0 radical (unpaired) electrons. The van der Waals surface area contributed by atoms with Gasteiger partial charge in [-0.2, -0.15) is 0 Å². The number of rotatable bonds is 7. The predicted octanol–water partition coefficient (Wildman–Crippen LogP) is 5.55. The van der Waals surface area contributed by atoms with Crippen molar-refractivity contribution in [2.24, 2.45) is 0 Å². The molecule has 2 rings (SSSR count). The molecule has 0 unspecified atom stereocenters. The number of aromatic nitrogens is 3. The number of hydrogen-bond donors (Lipinski definition) is 1. The number of carbonyl (C=O) groups excluding carboxylic acids is 2. The van der Waals surface area contributed by atoms with Gasteiger partial charge in [0.05, 0.1) is 31.3 Å². The summed E-state index contributed by atoms with van der Waals surface area (Å²) in [6, 6.07) is 6.83. The first-order valence-corrected chi connectivity index (χ1v) is 12.1. The summed E-state index contributed by atoms with van der Waals surface area (Å²) in [4.78, 5) is 33.5. The molecule has 0 aliphatic rings. The van der Waals surface area contributed by atoms with E-state index in [1.54, 1.807) is 38.1 Å². The lowest BCUT2D eigenvalue weighted by Gasteiger charge is -2.15. The lowest BCUT2D eigenvalue weighted by Crippen LogP contribution is -2.30. The van der Waals surface area contributed by atoms with Crippen molar-refractivity contribution in [3.8, 4) is 11.4 Å². The second-order valence-corrected chi connectivity index (χ2v) is 11.0. The highest BCUT2D eigenvalue weighted by Crippen LogP contribution is 2.41. The highest BCUT2D eigenvalue weighted by molar-refractivity contribution is 6.67. The Hall–Kier alpha value is -0.840. The summed E-state index contributed by atoms with van der Waals surface area (Å²) in [5.74, 6) is -0.936. The fourth-order valence-corrected chi connectivity index (χ4v) is 2.81. The van der Waals surface area contributed by atoms with Gasteiger partial charge in [-0.25, -0.2) is 15.0 Å². The second-order valence-electron chi connectivity index (χ2n) is 6.00. The van der Waals surface area contributed by atoms with Crippen LogP contribution in [0, 0.1) is 0 Å². The molecular formula is C19H19Cl7N4O4. The van der Waals surface area contributed by atoms with E-state index in [0.717, 1.165) is 0 Å². The van der Waals surface area contributed by atoms with Crippen LogP contribution in [-0.2, 0) is 26.6 Å². The summed E-state index contributed by atoms with van der Waals surface area (Å²) in [5.41, 5.74) is 0.493. The van der Waals surface area contributed by atoms with Crippen molar-refractivity contribution in [2.45, 2.75) is 21.4 Å². The molecule has 0 saturated carbocycles. The third-order valence-corrected chi connectivity index (χ3v) is 4.75. The van der Waals surface area contributed by atoms with Crippen LogP contribution in [-0.4, -0.2) is 53.2 Å². The lowest BCUT2D eigenvalue weighted by atomic mass is 10.2. The molecule has 0 fully saturated rings. The number of hydrogen-bond acceptors (Lipinski definition) is 8. The van der Waals surface area contributed by atoms with Crippen molar-refractivity contribution in [3.63, 3.8) is 0 Å². The third kappa shape index (κ3) is 11.3. The number of halogens is 7. The van der Waals surface area contributed by atoms with Crippen molar-refractivity contribution >= 4 is 93.1 Å². The minimum absolute atomic E-state index is 0.0344. The van der Waals surface area contributed by atoms with Gasteiger partial charge in [0.15, 0.2) is 17.5 Å². The third-order valence-electron chi connectivity index (χ3n) is 3.41. The van der Waals surface area contributed by atoms with Gasteiger partial charge in [-0.1, -0.05) is 93.3 Å². The van der Waals surface area contributed by atoms with E-state index in [1.807, 2.05) is 0 Å². The number of carbonyl (C=O) groups is 2. The monoisotopic (exact) mass is 612 g/mol. The van der Waals surface area contributed by atoms with Crippen LogP contribution in [0.5, 0.6) is 0 Å². The Balaban J connectivity index is 0.000000385. The van der Waals surface area contributed by atoms with E-state index < -0.39 is 7.59 Å². The number of ether oxygens (including phenoxy) is 2. The Morgan fingerprint density at radius 2 is 1.26 bits per heavy atom. The van der Waals surface area contributed by atoms with E-state index >= 15 is 0 Å². The van der Waals surface area contributed by atoms with Crippen molar-refractivity contribution < 1.29 is 19.1 Å². The number of nitrogens with zero attached hydrogens (tertiary/aromatic N) is 3. The standard InChI is InChI=1S/C11H4Cl7N3.C8H15NO4/c12-6-4-2-1-3-5(6)7-19-8(10(13,14)15)21-9(20-7)11(16,17)18;1-3-12-7(10)5-9-6-8(11)13-4-2/h1-4H;9H,3-6H2,1-2H3. The summed E-state index contributed by atoms with van der Waals surface area (Å²) in [5, 5.41) is 3.00. The first kappa shape index (κ1) is 31.2. The van der Waals surface area contributed by atoms with Gasteiger partial charge in [0, 0.05) is 5.56 Å². The van der Waals surface area contributed by atoms with Crippen LogP contribution in [0.2, 0.25) is 5.02 Å². The molecule has 0 atom stereocenters. The van der Waals surface area contributed by atoms with Gasteiger partial charge in [-0.15, -0.1) is 0 Å². The summed E-state index contributed by atoms with van der Waals surface area (Å²) in [6.45, 7) is 4.21. The average molecular weight is 616 g/mol. The van der Waals surface area contributed by atoms with E-state index in [2.05, 4.69) is 29.7 Å². The molecule has 0 aliphatic carbocycles. The first-order chi connectivity index (χ1) is 15.8. The number of esters is 2. The molecule has 1 N–H and O–H groups in total. The summed E-state index contributed by atoms with van der Waals surface area (Å²) in [7, 11) is 0. The molecule has 0 aliphatic heterocycles. The van der Waals surface area contributed by atoms with Crippen LogP contribution in [0.3, 0.4) is 0 Å². The summed E-state index contributed by atoms with van der Waals surface area (Å²) < 4.78 is 5.46. The van der Waals surface area contributed by atoms with Crippen LogP contribution < -0.4 is 5.32 Å². The predicted molar refractivity (Wildman–Crippen MR) is 135 cm³/mol. The maximum Gasteiger partial charge on any atom is 0.319 e. The first-order valence-electron chi connectivity index (χ1n) is 9.46. The van der Waals surface area contributed by atoms with Gasteiger partial charge >= 0.3 is 11.9 Å². The summed E-state index contributed by atoms with van der Waals surface area (Å²) >= 11 is 40.9. The SMILES string of the molecule is CCOC(=O)CNCC(=O)OCC.Clc1ccccc1-c1nc(C(Cl)(Cl)Cl)nc(C(Cl)(Cl)Cl)n1.